The lowest BCUT2D eigenvalue weighted by atomic mass is 9.81. The molecule has 0 bridgehead atoms. The summed E-state index contributed by atoms with van der Waals surface area (Å²) in [6, 6.07) is 22.3. The zero-order valence-electron chi connectivity index (χ0n) is 23.0. The number of aryl methyl sites for hydroxylation is 4. The molecule has 0 amide bonds. The average Bonchev–Trinajstić information content (AvgIpc) is 3.72. The van der Waals surface area contributed by atoms with Gasteiger partial charge in [-0.2, -0.15) is 0 Å². The molecule has 0 saturated carbocycles. The van der Waals surface area contributed by atoms with E-state index in [9.17, 15) is 0 Å². The van der Waals surface area contributed by atoms with Crippen LogP contribution in [0, 0.1) is 13.8 Å². The smallest absolute Gasteiger partial charge is 0.140 e. The number of hydrogen-bond acceptors (Lipinski definition) is 4. The van der Waals surface area contributed by atoms with E-state index in [-0.39, 0.29) is 5.41 Å². The second-order valence-corrected chi connectivity index (χ2v) is 13.7. The first-order valence-corrected chi connectivity index (χ1v) is 14.8. The van der Waals surface area contributed by atoms with Crippen molar-refractivity contribution in [2.24, 2.45) is 14.1 Å². The maximum absolute atomic E-state index is 5.04. The first kappa shape index (κ1) is 24.3. The Balaban J connectivity index is 1.27. The monoisotopic (exact) mass is 546 g/mol. The molecule has 0 spiro atoms. The molecule has 6 aromatic rings. The van der Waals surface area contributed by atoms with Gasteiger partial charge in [0.25, 0.3) is 0 Å². The lowest BCUT2D eigenvalue weighted by molar-refractivity contribution is 0.660. The molecule has 1 aliphatic rings. The minimum atomic E-state index is -0.131. The summed E-state index contributed by atoms with van der Waals surface area (Å²) in [7, 11) is 4.18. The Bertz CT molecular complexity index is 1760. The quantitative estimate of drug-likeness (QED) is 0.221. The number of nitrogens with zero attached hydrogens (tertiary/aromatic N) is 4. The van der Waals surface area contributed by atoms with Crippen LogP contribution in [0.1, 0.15) is 34.7 Å². The Labute approximate surface area is 237 Å². The van der Waals surface area contributed by atoms with Gasteiger partial charge in [-0.3, -0.25) is 0 Å². The Morgan fingerprint density at radius 3 is 1.44 bits per heavy atom. The highest BCUT2D eigenvalue weighted by Crippen LogP contribution is 2.50. The Hall–Kier alpha value is -3.74. The molecule has 39 heavy (non-hydrogen) atoms. The normalized spacial score (nSPS) is 13.6. The SMILES string of the molecule is Cc1ccc(-c2cn(C)c(-c3ccc4c(c3)C(C)(C)c3cc(-c5nc(-c6ccc(C)s6)cn5C)ccc3-4)n2)s1. The molecule has 0 fully saturated rings. The molecular weight excluding hydrogens is 517 g/mol. The summed E-state index contributed by atoms with van der Waals surface area (Å²) in [6.45, 7) is 8.95. The van der Waals surface area contributed by atoms with Crippen molar-refractivity contribution in [2.45, 2.75) is 33.1 Å². The molecule has 6 heteroatoms. The number of benzene rings is 2. The predicted molar refractivity (Wildman–Crippen MR) is 165 cm³/mol. The second kappa shape index (κ2) is 8.63. The maximum Gasteiger partial charge on any atom is 0.140 e. The van der Waals surface area contributed by atoms with Crippen LogP contribution >= 0.6 is 22.7 Å². The van der Waals surface area contributed by atoms with Crippen LogP contribution in [0.4, 0.5) is 0 Å². The number of thiophene rings is 2. The van der Waals surface area contributed by atoms with Crippen molar-refractivity contribution in [3.05, 3.63) is 93.9 Å². The molecule has 0 radical (unpaired) electrons. The minimum absolute atomic E-state index is 0.131. The number of rotatable bonds is 4. The summed E-state index contributed by atoms with van der Waals surface area (Å²) in [4.78, 5) is 15.1. The highest BCUT2D eigenvalue weighted by Gasteiger charge is 2.36. The molecule has 4 heterocycles. The highest BCUT2D eigenvalue weighted by molar-refractivity contribution is 7.15. The summed E-state index contributed by atoms with van der Waals surface area (Å²) >= 11 is 3.58. The molecule has 0 N–H and O–H groups in total. The van der Waals surface area contributed by atoms with Crippen LogP contribution in [0.15, 0.2) is 73.1 Å². The molecule has 194 valence electrons. The number of hydrogen-bond donors (Lipinski definition) is 0. The van der Waals surface area contributed by atoms with Crippen LogP contribution in [0.5, 0.6) is 0 Å². The Morgan fingerprint density at radius 2 is 1.05 bits per heavy atom. The van der Waals surface area contributed by atoms with Gasteiger partial charge in [0, 0.05) is 52.8 Å². The summed E-state index contributed by atoms with van der Waals surface area (Å²) in [5, 5.41) is 0. The summed E-state index contributed by atoms with van der Waals surface area (Å²) in [5.74, 6) is 1.99. The van der Waals surface area contributed by atoms with E-state index in [1.54, 1.807) is 22.7 Å². The number of aromatic nitrogens is 4. The summed E-state index contributed by atoms with van der Waals surface area (Å²) < 4.78 is 4.29. The standard InChI is InChI=1S/C33H30N4S2/c1-19-7-13-29(38-19)27-17-36(5)31(34-27)21-9-11-23-24-12-10-22(16-26(24)33(3,4)25(23)15-21)32-35-28(18-37(32)6)30-14-8-20(2)39-30/h7-18H,1-6H3. The fourth-order valence-corrected chi connectivity index (χ4v) is 7.51. The third-order valence-electron chi connectivity index (χ3n) is 7.93. The van der Waals surface area contributed by atoms with E-state index in [2.05, 4.69) is 124 Å². The van der Waals surface area contributed by atoms with Crippen LogP contribution < -0.4 is 0 Å². The molecule has 7 rings (SSSR count). The zero-order valence-corrected chi connectivity index (χ0v) is 24.7. The molecule has 0 unspecified atom stereocenters. The second-order valence-electron chi connectivity index (χ2n) is 11.1. The van der Waals surface area contributed by atoms with E-state index >= 15 is 0 Å². The van der Waals surface area contributed by atoms with Gasteiger partial charge in [-0.1, -0.05) is 38.1 Å². The van der Waals surface area contributed by atoms with Gasteiger partial charge in [-0.25, -0.2) is 9.97 Å². The number of imidazole rings is 2. The lowest BCUT2D eigenvalue weighted by Gasteiger charge is -2.22. The topological polar surface area (TPSA) is 35.6 Å². The van der Waals surface area contributed by atoms with Gasteiger partial charge in [0.2, 0.25) is 0 Å². The molecule has 4 aromatic heterocycles. The van der Waals surface area contributed by atoms with Crippen LogP contribution in [0.2, 0.25) is 0 Å². The highest BCUT2D eigenvalue weighted by atomic mass is 32.1. The van der Waals surface area contributed by atoms with Crippen LogP contribution in [0.3, 0.4) is 0 Å². The summed E-state index contributed by atoms with van der Waals surface area (Å²) in [5.41, 5.74) is 9.54. The average molecular weight is 547 g/mol. The van der Waals surface area contributed by atoms with Crippen molar-refractivity contribution < 1.29 is 0 Å². The van der Waals surface area contributed by atoms with Gasteiger partial charge in [0.05, 0.1) is 21.1 Å². The van der Waals surface area contributed by atoms with Gasteiger partial charge >= 0.3 is 0 Å². The van der Waals surface area contributed by atoms with E-state index in [0.717, 1.165) is 34.2 Å². The van der Waals surface area contributed by atoms with Crippen molar-refractivity contribution in [3.63, 3.8) is 0 Å². The van der Waals surface area contributed by atoms with Gasteiger partial charge in [0.1, 0.15) is 11.6 Å². The lowest BCUT2D eigenvalue weighted by Crippen LogP contribution is -2.15. The van der Waals surface area contributed by atoms with E-state index in [1.807, 2.05) is 0 Å². The Morgan fingerprint density at radius 1 is 0.615 bits per heavy atom. The fourth-order valence-electron chi connectivity index (χ4n) is 5.87. The third kappa shape index (κ3) is 3.85. The minimum Gasteiger partial charge on any atom is -0.333 e. The van der Waals surface area contributed by atoms with Crippen molar-refractivity contribution >= 4 is 22.7 Å². The fraction of sp³-hybridized carbons (Fsp3) is 0.212. The molecule has 0 saturated heterocycles. The van der Waals surface area contributed by atoms with Gasteiger partial charge in [-0.05, 0) is 72.5 Å². The van der Waals surface area contributed by atoms with Crippen molar-refractivity contribution in [1.29, 1.82) is 0 Å². The van der Waals surface area contributed by atoms with Crippen molar-refractivity contribution in [3.8, 4) is 55.0 Å². The first-order chi connectivity index (χ1) is 18.7. The molecular formula is C33H30N4S2. The first-order valence-electron chi connectivity index (χ1n) is 13.2. The predicted octanol–water partition coefficient (Wildman–Crippen LogP) is 8.87. The van der Waals surface area contributed by atoms with Crippen molar-refractivity contribution in [2.75, 3.05) is 0 Å². The van der Waals surface area contributed by atoms with E-state index < -0.39 is 0 Å². The van der Waals surface area contributed by atoms with Crippen molar-refractivity contribution in [1.82, 2.24) is 19.1 Å². The van der Waals surface area contributed by atoms with E-state index in [1.165, 1.54) is 41.8 Å². The maximum atomic E-state index is 5.04. The van der Waals surface area contributed by atoms with Gasteiger partial charge in [0.15, 0.2) is 0 Å². The molecule has 2 aromatic carbocycles. The summed E-state index contributed by atoms with van der Waals surface area (Å²) in [6.07, 6.45) is 4.28. The van der Waals surface area contributed by atoms with Gasteiger partial charge in [-0.15, -0.1) is 22.7 Å². The number of fused-ring (bicyclic) bond motifs is 3. The van der Waals surface area contributed by atoms with Crippen LogP contribution in [-0.4, -0.2) is 19.1 Å². The molecule has 0 atom stereocenters. The van der Waals surface area contributed by atoms with E-state index in [0.29, 0.717) is 0 Å². The largest absolute Gasteiger partial charge is 0.333 e. The van der Waals surface area contributed by atoms with E-state index in [4.69, 9.17) is 9.97 Å². The molecule has 0 aliphatic heterocycles. The molecule has 4 nitrogen and oxygen atoms in total. The Kier molecular flexibility index (Phi) is 5.38. The van der Waals surface area contributed by atoms with Crippen LogP contribution in [-0.2, 0) is 19.5 Å². The van der Waals surface area contributed by atoms with Crippen LogP contribution in [0.25, 0.3) is 55.0 Å². The third-order valence-corrected chi connectivity index (χ3v) is 9.98. The molecule has 1 aliphatic carbocycles. The van der Waals surface area contributed by atoms with Gasteiger partial charge < -0.3 is 9.13 Å². The zero-order chi connectivity index (χ0) is 27.1.